The maximum absolute atomic E-state index is 13.5. The fraction of sp³-hybridized carbons (Fsp3) is 0.161. The molecule has 0 aromatic heterocycles. The van der Waals surface area contributed by atoms with Crippen LogP contribution in [0.3, 0.4) is 0 Å². The molecule has 0 aliphatic rings. The van der Waals surface area contributed by atoms with Gasteiger partial charge in [-0.2, -0.15) is 0 Å². The van der Waals surface area contributed by atoms with Crippen molar-refractivity contribution in [2.45, 2.75) is 25.0 Å². The minimum Gasteiger partial charge on any atom is -0.493 e. The van der Waals surface area contributed by atoms with Gasteiger partial charge in [-0.05, 0) is 22.8 Å². The molecule has 0 aliphatic carbocycles. The number of amides is 1. The molecule has 4 aromatic rings. The second-order valence-corrected chi connectivity index (χ2v) is 8.58. The molecule has 6 heteroatoms. The molecule has 4 aromatic carbocycles. The van der Waals surface area contributed by atoms with Gasteiger partial charge in [0, 0.05) is 12.0 Å². The molecule has 188 valence electrons. The van der Waals surface area contributed by atoms with Gasteiger partial charge in [0.2, 0.25) is 5.91 Å². The van der Waals surface area contributed by atoms with Crippen molar-refractivity contribution in [1.29, 1.82) is 0 Å². The zero-order chi connectivity index (χ0) is 26.0. The van der Waals surface area contributed by atoms with E-state index < -0.39 is 17.9 Å². The summed E-state index contributed by atoms with van der Waals surface area (Å²) < 4.78 is 11.6. The van der Waals surface area contributed by atoms with E-state index in [0.717, 1.165) is 16.7 Å². The van der Waals surface area contributed by atoms with E-state index in [2.05, 4.69) is 5.32 Å². The Balaban J connectivity index is 1.59. The van der Waals surface area contributed by atoms with Gasteiger partial charge in [0.25, 0.3) is 0 Å². The molecule has 2 N–H and O–H groups in total. The molecule has 0 spiro atoms. The first-order valence-electron chi connectivity index (χ1n) is 12.0. The molecule has 0 heterocycles. The minimum absolute atomic E-state index is 0.0265. The number of carboxylic acid groups (broad SMARTS) is 1. The monoisotopic (exact) mass is 495 g/mol. The van der Waals surface area contributed by atoms with E-state index >= 15 is 0 Å². The zero-order valence-electron chi connectivity index (χ0n) is 20.5. The Morgan fingerprint density at radius 1 is 0.784 bits per heavy atom. The number of rotatable bonds is 11. The van der Waals surface area contributed by atoms with Crippen LogP contribution in [0.15, 0.2) is 109 Å². The number of carbonyl (C=O) groups is 2. The van der Waals surface area contributed by atoms with Gasteiger partial charge in [0.15, 0.2) is 11.5 Å². The lowest BCUT2D eigenvalue weighted by Crippen LogP contribution is -2.44. The van der Waals surface area contributed by atoms with Crippen LogP contribution in [0, 0.1) is 0 Å². The van der Waals surface area contributed by atoms with Gasteiger partial charge in [-0.15, -0.1) is 0 Å². The van der Waals surface area contributed by atoms with Gasteiger partial charge >= 0.3 is 5.97 Å². The summed E-state index contributed by atoms with van der Waals surface area (Å²) >= 11 is 0. The van der Waals surface area contributed by atoms with Gasteiger partial charge in [-0.1, -0.05) is 103 Å². The van der Waals surface area contributed by atoms with Crippen LogP contribution in [0.5, 0.6) is 11.5 Å². The molecule has 0 bridgehead atoms. The number of methoxy groups -OCH3 is 1. The molecule has 0 saturated heterocycles. The summed E-state index contributed by atoms with van der Waals surface area (Å²) in [4.78, 5) is 25.8. The lowest BCUT2D eigenvalue weighted by molar-refractivity contribution is -0.141. The highest BCUT2D eigenvalue weighted by Gasteiger charge is 2.29. The Hall–Kier alpha value is -4.58. The number of benzene rings is 4. The number of carboxylic acids is 1. The molecular formula is C31H29NO5. The van der Waals surface area contributed by atoms with Crippen LogP contribution in [0.25, 0.3) is 0 Å². The van der Waals surface area contributed by atoms with E-state index in [1.807, 2.05) is 91.0 Å². The Bertz CT molecular complexity index is 1270. The Morgan fingerprint density at radius 3 is 1.89 bits per heavy atom. The van der Waals surface area contributed by atoms with Crippen molar-refractivity contribution in [3.05, 3.63) is 131 Å². The van der Waals surface area contributed by atoms with Crippen LogP contribution in [0.1, 0.15) is 28.2 Å². The number of hydrogen-bond donors (Lipinski definition) is 2. The Labute approximate surface area is 216 Å². The molecule has 0 aliphatic heterocycles. The number of nitrogens with one attached hydrogen (secondary N) is 1. The van der Waals surface area contributed by atoms with E-state index in [4.69, 9.17) is 9.47 Å². The van der Waals surface area contributed by atoms with E-state index in [9.17, 15) is 14.7 Å². The average molecular weight is 496 g/mol. The maximum atomic E-state index is 13.5. The first kappa shape index (κ1) is 25.5. The predicted octanol–water partition coefficient (Wildman–Crippen LogP) is 5.22. The van der Waals surface area contributed by atoms with Crippen molar-refractivity contribution >= 4 is 11.9 Å². The fourth-order valence-electron chi connectivity index (χ4n) is 4.24. The van der Waals surface area contributed by atoms with Crippen molar-refractivity contribution in [3.63, 3.8) is 0 Å². The molecule has 4 rings (SSSR count). The smallest absolute Gasteiger partial charge is 0.326 e. The minimum atomic E-state index is -1.17. The lowest BCUT2D eigenvalue weighted by Gasteiger charge is -2.22. The van der Waals surface area contributed by atoms with E-state index in [1.165, 1.54) is 7.11 Å². The van der Waals surface area contributed by atoms with Crippen molar-refractivity contribution in [1.82, 2.24) is 5.32 Å². The van der Waals surface area contributed by atoms with Gasteiger partial charge < -0.3 is 19.9 Å². The number of hydrogen-bond acceptors (Lipinski definition) is 4. The van der Waals surface area contributed by atoms with E-state index in [0.29, 0.717) is 23.7 Å². The summed E-state index contributed by atoms with van der Waals surface area (Å²) in [5.41, 5.74) is 3.15. The van der Waals surface area contributed by atoms with E-state index in [-0.39, 0.29) is 12.3 Å². The number of aliphatic carboxylic acids is 1. The van der Waals surface area contributed by atoms with Gasteiger partial charge in [-0.3, -0.25) is 4.79 Å². The van der Waals surface area contributed by atoms with Crippen molar-refractivity contribution in [2.75, 3.05) is 7.11 Å². The quantitative estimate of drug-likeness (QED) is 0.298. The highest BCUT2D eigenvalue weighted by atomic mass is 16.5. The summed E-state index contributed by atoms with van der Waals surface area (Å²) in [5.74, 6) is -1.22. The summed E-state index contributed by atoms with van der Waals surface area (Å²) in [5, 5.41) is 12.8. The molecule has 0 fully saturated rings. The molecule has 0 radical (unpaired) electrons. The van der Waals surface area contributed by atoms with Crippen molar-refractivity contribution in [2.24, 2.45) is 0 Å². The van der Waals surface area contributed by atoms with E-state index in [1.54, 1.807) is 18.2 Å². The zero-order valence-corrected chi connectivity index (χ0v) is 20.5. The van der Waals surface area contributed by atoms with Crippen LogP contribution in [0.4, 0.5) is 0 Å². The summed E-state index contributed by atoms with van der Waals surface area (Å²) in [6, 6.07) is 32.5. The summed E-state index contributed by atoms with van der Waals surface area (Å²) in [6.45, 7) is 0.294. The highest BCUT2D eigenvalue weighted by molar-refractivity contribution is 5.90. The third-order valence-corrected chi connectivity index (χ3v) is 6.07. The average Bonchev–Trinajstić information content (AvgIpc) is 2.93. The predicted molar refractivity (Wildman–Crippen MR) is 142 cm³/mol. The van der Waals surface area contributed by atoms with Crippen LogP contribution in [0.2, 0.25) is 0 Å². The lowest BCUT2D eigenvalue weighted by atomic mass is 9.90. The Kier molecular flexibility index (Phi) is 8.55. The third kappa shape index (κ3) is 6.55. The molecule has 6 nitrogen and oxygen atoms in total. The van der Waals surface area contributed by atoms with Gasteiger partial charge in [0.05, 0.1) is 13.0 Å². The molecule has 37 heavy (non-hydrogen) atoms. The fourth-order valence-corrected chi connectivity index (χ4v) is 4.24. The van der Waals surface area contributed by atoms with Crippen LogP contribution in [-0.4, -0.2) is 30.1 Å². The summed E-state index contributed by atoms with van der Waals surface area (Å²) in [7, 11) is 1.54. The molecule has 1 atom stereocenters. The maximum Gasteiger partial charge on any atom is 0.326 e. The normalized spacial score (nSPS) is 11.5. The molecule has 0 saturated carbocycles. The molecule has 1 amide bonds. The second kappa shape index (κ2) is 12.4. The SMILES string of the molecule is COc1cccc(C[C@H](NC(=O)C(c2ccccc2)c2ccccc2)C(=O)O)c1OCc1ccccc1. The van der Waals surface area contributed by atoms with Crippen LogP contribution < -0.4 is 14.8 Å². The van der Waals surface area contributed by atoms with Crippen LogP contribution in [-0.2, 0) is 22.6 Å². The molecular weight excluding hydrogens is 466 g/mol. The van der Waals surface area contributed by atoms with Gasteiger partial charge in [0.1, 0.15) is 12.6 Å². The topological polar surface area (TPSA) is 84.9 Å². The first-order valence-corrected chi connectivity index (χ1v) is 12.0. The molecule has 0 unspecified atom stereocenters. The second-order valence-electron chi connectivity index (χ2n) is 8.58. The van der Waals surface area contributed by atoms with Crippen molar-refractivity contribution < 1.29 is 24.2 Å². The van der Waals surface area contributed by atoms with Crippen LogP contribution >= 0.6 is 0 Å². The van der Waals surface area contributed by atoms with Gasteiger partial charge in [-0.25, -0.2) is 4.79 Å². The number of para-hydroxylation sites is 1. The standard InChI is InChI=1S/C31H29NO5/c1-36-27-19-11-18-25(29(27)37-21-22-12-5-2-6-13-22)20-26(31(34)35)32-30(33)28(23-14-7-3-8-15-23)24-16-9-4-10-17-24/h2-19,26,28H,20-21H2,1H3,(H,32,33)(H,34,35)/t26-/m0/s1. The number of ether oxygens (including phenoxy) is 2. The largest absolute Gasteiger partial charge is 0.493 e. The Morgan fingerprint density at radius 2 is 1.35 bits per heavy atom. The van der Waals surface area contributed by atoms with Crippen molar-refractivity contribution in [3.8, 4) is 11.5 Å². The highest BCUT2D eigenvalue weighted by Crippen LogP contribution is 2.33. The number of carbonyl (C=O) groups excluding carboxylic acids is 1. The third-order valence-electron chi connectivity index (χ3n) is 6.07. The first-order chi connectivity index (χ1) is 18.1. The summed E-state index contributed by atoms with van der Waals surface area (Å²) in [6.07, 6.45) is 0.0265.